The van der Waals surface area contributed by atoms with Gasteiger partial charge in [-0.25, -0.2) is 4.98 Å². The molecule has 4 aromatic rings. The summed E-state index contributed by atoms with van der Waals surface area (Å²) >= 11 is 8.69. The van der Waals surface area contributed by atoms with E-state index in [1.807, 2.05) is 37.3 Å². The maximum absolute atomic E-state index is 12.9. The van der Waals surface area contributed by atoms with Crippen LogP contribution in [0.4, 0.5) is 5.69 Å². The number of thiophene rings is 1. The number of H-pyrrole nitrogens is 1. The molecule has 9 heteroatoms. The molecule has 4 rings (SSSR count). The number of amides is 1. The van der Waals surface area contributed by atoms with Crippen LogP contribution in [0.3, 0.4) is 0 Å². The number of nitrogens with one attached hydrogen (secondary N) is 2. The number of carbonyl (C=O) groups is 1. The smallest absolute Gasteiger partial charge is 0.260 e. The molecule has 1 atom stereocenters. The zero-order valence-electron chi connectivity index (χ0n) is 17.6. The van der Waals surface area contributed by atoms with E-state index < -0.39 is 5.25 Å². The third-order valence-corrected chi connectivity index (χ3v) is 7.07. The van der Waals surface area contributed by atoms with Crippen LogP contribution in [0.2, 0.25) is 5.02 Å². The van der Waals surface area contributed by atoms with Gasteiger partial charge in [0.25, 0.3) is 5.56 Å². The molecule has 0 saturated heterocycles. The van der Waals surface area contributed by atoms with E-state index in [1.54, 1.807) is 25.1 Å². The van der Waals surface area contributed by atoms with Crippen LogP contribution in [0, 0.1) is 6.92 Å². The highest BCUT2D eigenvalue weighted by Gasteiger charge is 2.21. The number of carbonyl (C=O) groups excluding carboxylic acids is 1. The van der Waals surface area contributed by atoms with Crippen molar-refractivity contribution in [1.29, 1.82) is 0 Å². The van der Waals surface area contributed by atoms with E-state index in [9.17, 15) is 9.59 Å². The first kappa shape index (κ1) is 22.4. The lowest BCUT2D eigenvalue weighted by molar-refractivity contribution is -0.115. The summed E-state index contributed by atoms with van der Waals surface area (Å²) in [5.74, 6) is 0.251. The quantitative estimate of drug-likeness (QED) is 0.268. The van der Waals surface area contributed by atoms with Gasteiger partial charge < -0.3 is 15.0 Å². The van der Waals surface area contributed by atoms with E-state index in [4.69, 9.17) is 16.3 Å². The fraction of sp³-hybridized carbons (Fsp3) is 0.174. The van der Waals surface area contributed by atoms with E-state index in [1.165, 1.54) is 30.2 Å². The van der Waals surface area contributed by atoms with Crippen LogP contribution in [0.15, 0.2) is 58.5 Å². The molecule has 6 nitrogen and oxygen atoms in total. The summed E-state index contributed by atoms with van der Waals surface area (Å²) < 4.78 is 5.27. The molecule has 1 amide bonds. The predicted octanol–water partition coefficient (Wildman–Crippen LogP) is 5.74. The number of fused-ring (bicyclic) bond motifs is 1. The normalized spacial score (nSPS) is 12.0. The maximum Gasteiger partial charge on any atom is 0.260 e. The minimum atomic E-state index is -0.519. The van der Waals surface area contributed by atoms with Crippen LogP contribution in [-0.4, -0.2) is 28.2 Å². The summed E-state index contributed by atoms with van der Waals surface area (Å²) in [7, 11) is 1.52. The summed E-state index contributed by atoms with van der Waals surface area (Å²) in [6.45, 7) is 3.73. The third kappa shape index (κ3) is 4.53. The van der Waals surface area contributed by atoms with Gasteiger partial charge in [-0.2, -0.15) is 0 Å². The highest BCUT2D eigenvalue weighted by atomic mass is 35.5. The van der Waals surface area contributed by atoms with Gasteiger partial charge >= 0.3 is 0 Å². The maximum atomic E-state index is 12.9. The van der Waals surface area contributed by atoms with Gasteiger partial charge in [-0.05, 0) is 37.6 Å². The van der Waals surface area contributed by atoms with Gasteiger partial charge in [0.05, 0.1) is 23.4 Å². The molecule has 0 aliphatic heterocycles. The Balaban J connectivity index is 1.59. The number of aromatic amines is 1. The number of ether oxygens (including phenoxy) is 1. The van der Waals surface area contributed by atoms with E-state index >= 15 is 0 Å². The Morgan fingerprint density at radius 2 is 2.00 bits per heavy atom. The number of thioether (sulfide) groups is 1. The molecule has 2 aromatic heterocycles. The lowest BCUT2D eigenvalue weighted by atomic mass is 10.0. The summed E-state index contributed by atoms with van der Waals surface area (Å²) in [5, 5.41) is 3.75. The predicted molar refractivity (Wildman–Crippen MR) is 132 cm³/mol. The Hall–Kier alpha value is -2.81. The van der Waals surface area contributed by atoms with Crippen LogP contribution < -0.4 is 15.6 Å². The first-order valence-corrected chi connectivity index (χ1v) is 11.8. The molecule has 164 valence electrons. The van der Waals surface area contributed by atoms with Crippen molar-refractivity contribution in [3.05, 3.63) is 68.8 Å². The number of hydrogen-bond donors (Lipinski definition) is 2. The summed E-state index contributed by atoms with van der Waals surface area (Å²) in [6.07, 6.45) is 0. The summed E-state index contributed by atoms with van der Waals surface area (Å²) in [6, 6.07) is 14.8. The average Bonchev–Trinajstić information content (AvgIpc) is 3.10. The number of aromatic nitrogens is 2. The monoisotopic (exact) mass is 485 g/mol. The molecule has 2 heterocycles. The van der Waals surface area contributed by atoms with Crippen molar-refractivity contribution in [2.24, 2.45) is 0 Å². The lowest BCUT2D eigenvalue weighted by Crippen LogP contribution is -2.23. The Bertz CT molecular complexity index is 1350. The topological polar surface area (TPSA) is 84.1 Å². The molecule has 0 radical (unpaired) electrons. The number of nitrogens with zero attached hydrogens (tertiary/aromatic N) is 1. The van der Waals surface area contributed by atoms with Crippen LogP contribution >= 0.6 is 34.7 Å². The first-order valence-electron chi connectivity index (χ1n) is 9.77. The van der Waals surface area contributed by atoms with E-state index in [2.05, 4.69) is 15.3 Å². The van der Waals surface area contributed by atoms with Crippen LogP contribution in [-0.2, 0) is 4.79 Å². The number of methoxy groups -OCH3 is 1. The zero-order valence-corrected chi connectivity index (χ0v) is 20.0. The fourth-order valence-corrected chi connectivity index (χ4v) is 5.41. The Morgan fingerprint density at radius 1 is 1.25 bits per heavy atom. The largest absolute Gasteiger partial charge is 0.495 e. The molecule has 0 fully saturated rings. The lowest BCUT2D eigenvalue weighted by Gasteiger charge is -2.14. The van der Waals surface area contributed by atoms with Crippen molar-refractivity contribution in [2.45, 2.75) is 24.3 Å². The van der Waals surface area contributed by atoms with E-state index in [0.717, 1.165) is 16.0 Å². The van der Waals surface area contributed by atoms with Gasteiger partial charge in [-0.15, -0.1) is 11.3 Å². The van der Waals surface area contributed by atoms with Crippen LogP contribution in [0.5, 0.6) is 5.75 Å². The van der Waals surface area contributed by atoms with E-state index in [-0.39, 0.29) is 11.5 Å². The highest BCUT2D eigenvalue weighted by molar-refractivity contribution is 8.00. The second-order valence-electron chi connectivity index (χ2n) is 7.04. The van der Waals surface area contributed by atoms with Crippen molar-refractivity contribution < 1.29 is 9.53 Å². The molecule has 2 N–H and O–H groups in total. The Morgan fingerprint density at radius 3 is 2.72 bits per heavy atom. The number of benzene rings is 2. The molecule has 0 aliphatic carbocycles. The molecule has 0 bridgehead atoms. The molecule has 0 saturated carbocycles. The van der Waals surface area contributed by atoms with Crippen LogP contribution in [0.1, 0.15) is 11.8 Å². The summed E-state index contributed by atoms with van der Waals surface area (Å²) in [4.78, 5) is 34.8. The number of rotatable bonds is 6. The van der Waals surface area contributed by atoms with Crippen molar-refractivity contribution in [1.82, 2.24) is 9.97 Å². The number of halogens is 1. The SMILES string of the molecule is COc1ccc(Cl)cc1NC(=O)C(C)Sc1nc2sc(C)c(-c3ccccc3)c2c(=O)[nH]1. The molecular weight excluding hydrogens is 466 g/mol. The van der Waals surface area contributed by atoms with Gasteiger partial charge in [0.2, 0.25) is 5.91 Å². The molecule has 0 spiro atoms. The minimum Gasteiger partial charge on any atom is -0.495 e. The van der Waals surface area contributed by atoms with Crippen molar-refractivity contribution >= 4 is 56.5 Å². The molecule has 0 aliphatic rings. The second kappa shape index (κ2) is 9.36. The van der Waals surface area contributed by atoms with Crippen LogP contribution in [0.25, 0.3) is 21.3 Å². The van der Waals surface area contributed by atoms with Gasteiger partial charge in [0.15, 0.2) is 5.16 Å². The first-order chi connectivity index (χ1) is 15.4. The Labute approximate surface area is 198 Å². The molecular formula is C23H20ClN3O3S2. The van der Waals surface area contributed by atoms with Crippen molar-refractivity contribution in [3.63, 3.8) is 0 Å². The van der Waals surface area contributed by atoms with Gasteiger partial charge in [-0.1, -0.05) is 53.7 Å². The van der Waals surface area contributed by atoms with Gasteiger partial charge in [-0.3, -0.25) is 9.59 Å². The van der Waals surface area contributed by atoms with Crippen molar-refractivity contribution in [2.75, 3.05) is 12.4 Å². The van der Waals surface area contributed by atoms with Gasteiger partial charge in [0, 0.05) is 15.5 Å². The molecule has 32 heavy (non-hydrogen) atoms. The standard InChI is InChI=1S/C23H20ClN3O3S2/c1-12-18(14-7-5-4-6-8-14)19-21(29)26-23(27-22(19)31-12)32-13(2)20(28)25-16-11-15(24)9-10-17(16)30-3/h4-11,13H,1-3H3,(H,25,28)(H,26,27,29). The third-order valence-electron chi connectivity index (χ3n) is 4.86. The Kier molecular flexibility index (Phi) is 6.55. The zero-order chi connectivity index (χ0) is 22.8. The number of aryl methyl sites for hydroxylation is 1. The molecule has 2 aromatic carbocycles. The number of anilines is 1. The summed E-state index contributed by atoms with van der Waals surface area (Å²) in [5.41, 5.74) is 2.14. The minimum absolute atomic E-state index is 0.218. The van der Waals surface area contributed by atoms with E-state index in [0.29, 0.717) is 31.8 Å². The molecule has 1 unspecified atom stereocenters. The van der Waals surface area contributed by atoms with Gasteiger partial charge in [0.1, 0.15) is 10.6 Å². The highest BCUT2D eigenvalue weighted by Crippen LogP contribution is 2.36. The second-order valence-corrected chi connectivity index (χ2v) is 10.0. The fourth-order valence-electron chi connectivity index (χ4n) is 3.34. The average molecular weight is 486 g/mol. The van der Waals surface area contributed by atoms with Crippen molar-refractivity contribution in [3.8, 4) is 16.9 Å². The number of hydrogen-bond acceptors (Lipinski definition) is 6.